The van der Waals surface area contributed by atoms with Crippen LogP contribution < -0.4 is 20.7 Å². The molecule has 3 N–H and O–H groups in total. The normalized spacial score (nSPS) is 12.5. The minimum absolute atomic E-state index is 0.227. The molecule has 1 unspecified atom stereocenters. The number of carbonyl (C=O) groups is 3. The molecule has 41 heavy (non-hydrogen) atoms. The first-order valence-electron chi connectivity index (χ1n) is 13.0. The molecule has 0 aromatic heterocycles. The summed E-state index contributed by atoms with van der Waals surface area (Å²) in [6, 6.07) is 26.8. The standard InChI is InChI=1S/C32H27N3O4S2/c1-3-27(41-20-11-8-10-19(18-20)33-32(40)35-24-15-6-7-17-26(24)39-2)31(38)34-25-16-9-14-23-28(25)30(37)22-13-5-4-12-21(22)29(23)36/h4-18,27H,3H2,1-2H3,(H,34,38)(H2,33,35,40). The summed E-state index contributed by atoms with van der Waals surface area (Å²) < 4.78 is 5.37. The van der Waals surface area contributed by atoms with E-state index in [1.165, 1.54) is 11.8 Å². The zero-order valence-corrected chi connectivity index (χ0v) is 24.0. The average Bonchev–Trinajstić information content (AvgIpc) is 2.99. The van der Waals surface area contributed by atoms with Crippen molar-refractivity contribution in [3.8, 4) is 5.75 Å². The Morgan fingerprint density at radius 1 is 0.805 bits per heavy atom. The van der Waals surface area contributed by atoms with Crippen LogP contribution in [0.15, 0.2) is 95.9 Å². The second-order valence-electron chi connectivity index (χ2n) is 9.24. The van der Waals surface area contributed by atoms with Gasteiger partial charge in [-0.3, -0.25) is 14.4 Å². The van der Waals surface area contributed by atoms with Crippen molar-refractivity contribution in [2.45, 2.75) is 23.5 Å². The van der Waals surface area contributed by atoms with Gasteiger partial charge in [-0.05, 0) is 55.0 Å². The second kappa shape index (κ2) is 12.4. The zero-order valence-electron chi connectivity index (χ0n) is 22.4. The van der Waals surface area contributed by atoms with E-state index >= 15 is 0 Å². The Labute approximate surface area is 247 Å². The van der Waals surface area contributed by atoms with E-state index < -0.39 is 5.25 Å². The third kappa shape index (κ3) is 6.01. The smallest absolute Gasteiger partial charge is 0.237 e. The molecule has 1 atom stereocenters. The second-order valence-corrected chi connectivity index (χ2v) is 10.9. The molecular formula is C32H27N3O4S2. The highest BCUT2D eigenvalue weighted by atomic mass is 32.2. The van der Waals surface area contributed by atoms with Gasteiger partial charge >= 0.3 is 0 Å². The lowest BCUT2D eigenvalue weighted by atomic mass is 9.83. The molecule has 5 rings (SSSR count). The molecule has 0 saturated heterocycles. The van der Waals surface area contributed by atoms with Crippen LogP contribution >= 0.6 is 24.0 Å². The Morgan fingerprint density at radius 3 is 2.22 bits per heavy atom. The van der Waals surface area contributed by atoms with Gasteiger partial charge < -0.3 is 20.7 Å². The van der Waals surface area contributed by atoms with E-state index in [0.717, 1.165) is 16.3 Å². The van der Waals surface area contributed by atoms with Crippen molar-refractivity contribution in [1.82, 2.24) is 0 Å². The first-order chi connectivity index (χ1) is 19.9. The molecule has 1 aliphatic rings. The summed E-state index contributed by atoms with van der Waals surface area (Å²) in [7, 11) is 1.60. The predicted molar refractivity (Wildman–Crippen MR) is 168 cm³/mol. The maximum atomic E-state index is 13.4. The lowest BCUT2D eigenvalue weighted by Crippen LogP contribution is -2.28. The van der Waals surface area contributed by atoms with E-state index in [2.05, 4.69) is 16.0 Å². The Morgan fingerprint density at radius 2 is 1.46 bits per heavy atom. The van der Waals surface area contributed by atoms with E-state index in [9.17, 15) is 14.4 Å². The topological polar surface area (TPSA) is 96.5 Å². The summed E-state index contributed by atoms with van der Waals surface area (Å²) >= 11 is 6.89. The molecule has 1 aliphatic carbocycles. The van der Waals surface area contributed by atoms with Crippen molar-refractivity contribution in [3.63, 3.8) is 0 Å². The fourth-order valence-electron chi connectivity index (χ4n) is 4.63. The third-order valence-corrected chi connectivity index (χ3v) is 8.16. The number of nitrogens with one attached hydrogen (secondary N) is 3. The predicted octanol–water partition coefficient (Wildman–Crippen LogP) is 6.79. The number of hydrogen-bond acceptors (Lipinski definition) is 6. The van der Waals surface area contributed by atoms with Crippen molar-refractivity contribution in [3.05, 3.63) is 113 Å². The van der Waals surface area contributed by atoms with Crippen molar-refractivity contribution in [1.29, 1.82) is 0 Å². The summed E-state index contributed by atoms with van der Waals surface area (Å²) in [5.41, 5.74) is 3.08. The molecular weight excluding hydrogens is 555 g/mol. The molecule has 0 saturated carbocycles. The zero-order chi connectivity index (χ0) is 28.9. The number of hydrogen-bond donors (Lipinski definition) is 3. The number of methoxy groups -OCH3 is 1. The van der Waals surface area contributed by atoms with Crippen molar-refractivity contribution >= 4 is 63.6 Å². The summed E-state index contributed by atoms with van der Waals surface area (Å²) in [5.74, 6) is -0.0807. The van der Waals surface area contributed by atoms with E-state index in [1.807, 2.05) is 55.5 Å². The van der Waals surface area contributed by atoms with Crippen LogP contribution in [0.4, 0.5) is 17.1 Å². The van der Waals surface area contributed by atoms with Gasteiger partial charge in [-0.15, -0.1) is 11.8 Å². The van der Waals surface area contributed by atoms with Gasteiger partial charge in [0.2, 0.25) is 5.91 Å². The van der Waals surface area contributed by atoms with Crippen molar-refractivity contribution in [2.75, 3.05) is 23.1 Å². The van der Waals surface area contributed by atoms with Crippen LogP contribution in [-0.2, 0) is 4.79 Å². The van der Waals surface area contributed by atoms with Gasteiger partial charge in [0.05, 0.1) is 29.3 Å². The highest BCUT2D eigenvalue weighted by Gasteiger charge is 2.32. The summed E-state index contributed by atoms with van der Waals surface area (Å²) in [6.45, 7) is 1.93. The quantitative estimate of drug-likeness (QED) is 0.136. The van der Waals surface area contributed by atoms with Gasteiger partial charge in [-0.1, -0.05) is 61.5 Å². The van der Waals surface area contributed by atoms with Crippen LogP contribution in [-0.4, -0.2) is 34.9 Å². The van der Waals surface area contributed by atoms with Crippen LogP contribution in [0.1, 0.15) is 45.2 Å². The number of thiocarbonyl (C=S) groups is 1. The average molecular weight is 582 g/mol. The molecule has 0 bridgehead atoms. The Kier molecular flexibility index (Phi) is 8.47. The lowest BCUT2D eigenvalue weighted by molar-refractivity contribution is -0.115. The van der Waals surface area contributed by atoms with Gasteiger partial charge in [0.1, 0.15) is 5.75 Å². The number of benzene rings is 4. The fourth-order valence-corrected chi connectivity index (χ4v) is 5.87. The van der Waals surface area contributed by atoms with E-state index in [4.69, 9.17) is 17.0 Å². The molecule has 0 aliphatic heterocycles. The van der Waals surface area contributed by atoms with Gasteiger partial charge in [-0.2, -0.15) is 0 Å². The number of amides is 1. The van der Waals surface area contributed by atoms with E-state index in [1.54, 1.807) is 49.6 Å². The third-order valence-electron chi connectivity index (χ3n) is 6.60. The van der Waals surface area contributed by atoms with Crippen LogP contribution in [0.2, 0.25) is 0 Å². The van der Waals surface area contributed by atoms with E-state index in [-0.39, 0.29) is 23.0 Å². The molecule has 7 nitrogen and oxygen atoms in total. The van der Waals surface area contributed by atoms with Crippen LogP contribution in [0.5, 0.6) is 5.75 Å². The molecule has 9 heteroatoms. The maximum Gasteiger partial charge on any atom is 0.237 e. The first kappa shape index (κ1) is 28.1. The molecule has 4 aromatic carbocycles. The fraction of sp³-hybridized carbons (Fsp3) is 0.125. The summed E-state index contributed by atoms with van der Waals surface area (Å²) in [6.07, 6.45) is 0.548. The van der Waals surface area contributed by atoms with Gasteiger partial charge in [0.15, 0.2) is 16.7 Å². The molecule has 0 heterocycles. The lowest BCUT2D eigenvalue weighted by Gasteiger charge is -2.21. The number of ether oxygens (including phenoxy) is 1. The highest BCUT2D eigenvalue weighted by Crippen LogP contribution is 2.34. The number of rotatable bonds is 8. The number of carbonyl (C=O) groups excluding carboxylic acids is 3. The number of thioether (sulfide) groups is 1. The van der Waals surface area contributed by atoms with Gasteiger partial charge in [0.25, 0.3) is 0 Å². The van der Waals surface area contributed by atoms with Crippen LogP contribution in [0.25, 0.3) is 0 Å². The molecule has 4 aromatic rings. The van der Waals surface area contributed by atoms with Gasteiger partial charge in [-0.25, -0.2) is 0 Å². The summed E-state index contributed by atoms with van der Waals surface area (Å²) in [4.78, 5) is 40.7. The minimum atomic E-state index is -0.443. The highest BCUT2D eigenvalue weighted by molar-refractivity contribution is 8.00. The monoisotopic (exact) mass is 581 g/mol. The Hall–Kier alpha value is -4.47. The van der Waals surface area contributed by atoms with Crippen molar-refractivity contribution < 1.29 is 19.1 Å². The first-order valence-corrected chi connectivity index (χ1v) is 14.3. The maximum absolute atomic E-state index is 13.4. The van der Waals surface area contributed by atoms with Crippen LogP contribution in [0, 0.1) is 0 Å². The molecule has 1 amide bonds. The van der Waals surface area contributed by atoms with Gasteiger partial charge in [0, 0.05) is 27.3 Å². The Balaban J connectivity index is 1.29. The number of anilines is 3. The number of para-hydroxylation sites is 2. The van der Waals surface area contributed by atoms with Crippen LogP contribution in [0.3, 0.4) is 0 Å². The number of fused-ring (bicyclic) bond motifs is 2. The molecule has 0 fully saturated rings. The molecule has 0 radical (unpaired) electrons. The molecule has 0 spiro atoms. The summed E-state index contributed by atoms with van der Waals surface area (Å²) in [5, 5.41) is 9.19. The minimum Gasteiger partial charge on any atom is -0.495 e. The SMILES string of the molecule is CCC(Sc1cccc(NC(=S)Nc2ccccc2OC)c1)C(=O)Nc1cccc2c1C(=O)c1ccccc1C2=O. The van der Waals surface area contributed by atoms with Crippen molar-refractivity contribution in [2.24, 2.45) is 0 Å². The number of ketones is 2. The Bertz CT molecular complexity index is 1670. The molecule has 206 valence electrons. The van der Waals surface area contributed by atoms with E-state index in [0.29, 0.717) is 39.7 Å². The largest absolute Gasteiger partial charge is 0.495 e.